The van der Waals surface area contributed by atoms with Crippen molar-refractivity contribution in [1.82, 2.24) is 4.90 Å². The molecular weight excluding hydrogens is 322 g/mol. The summed E-state index contributed by atoms with van der Waals surface area (Å²) >= 11 is 0. The van der Waals surface area contributed by atoms with Crippen LogP contribution in [0.25, 0.3) is 0 Å². The molecule has 1 fully saturated rings. The van der Waals surface area contributed by atoms with Crippen molar-refractivity contribution in [3.8, 4) is 5.75 Å². The van der Waals surface area contributed by atoms with Crippen LogP contribution in [0.2, 0.25) is 0 Å². The minimum Gasteiger partial charge on any atom is -0.494 e. The molecule has 2 aromatic carbocycles. The molecule has 26 heavy (non-hydrogen) atoms. The summed E-state index contributed by atoms with van der Waals surface area (Å²) in [5, 5.41) is 0. The highest BCUT2D eigenvalue weighted by molar-refractivity contribution is 6.08. The molecule has 0 atom stereocenters. The van der Waals surface area contributed by atoms with E-state index in [1.807, 2.05) is 54.6 Å². The number of unbranched alkanes of at least 4 members (excludes halogenated alkanes) is 3. The van der Waals surface area contributed by atoms with E-state index in [9.17, 15) is 4.79 Å². The molecule has 138 valence electrons. The summed E-state index contributed by atoms with van der Waals surface area (Å²) < 4.78 is 5.80. The van der Waals surface area contributed by atoms with Gasteiger partial charge in [0.2, 0.25) is 0 Å². The van der Waals surface area contributed by atoms with E-state index < -0.39 is 0 Å². The number of likely N-dealkylation sites (tertiary alicyclic amines) is 1. The number of rotatable bonds is 10. The number of hydrogen-bond acceptors (Lipinski definition) is 3. The third-order valence-corrected chi connectivity index (χ3v) is 4.99. The van der Waals surface area contributed by atoms with Gasteiger partial charge in [-0.25, -0.2) is 0 Å². The van der Waals surface area contributed by atoms with Gasteiger partial charge in [0.25, 0.3) is 0 Å². The molecule has 3 heteroatoms. The lowest BCUT2D eigenvalue weighted by Gasteiger charge is -2.13. The fraction of sp³-hybridized carbons (Fsp3) is 0.435. The number of ketones is 1. The third-order valence-electron chi connectivity index (χ3n) is 4.99. The largest absolute Gasteiger partial charge is 0.494 e. The molecule has 0 radical (unpaired) electrons. The Labute approximate surface area is 157 Å². The fourth-order valence-corrected chi connectivity index (χ4v) is 3.45. The normalized spacial score (nSPS) is 14.5. The monoisotopic (exact) mass is 351 g/mol. The summed E-state index contributed by atoms with van der Waals surface area (Å²) in [6, 6.07) is 16.9. The smallest absolute Gasteiger partial charge is 0.193 e. The highest BCUT2D eigenvalue weighted by Crippen LogP contribution is 2.16. The molecule has 2 aromatic rings. The first kappa shape index (κ1) is 18.7. The van der Waals surface area contributed by atoms with Crippen LogP contribution in [0.15, 0.2) is 54.6 Å². The molecule has 1 heterocycles. The minimum atomic E-state index is 0.0511. The van der Waals surface area contributed by atoms with Gasteiger partial charge in [0.1, 0.15) is 5.75 Å². The lowest BCUT2D eigenvalue weighted by atomic mass is 10.0. The lowest BCUT2D eigenvalue weighted by Crippen LogP contribution is -2.20. The number of carbonyl (C=O) groups excluding carboxylic acids is 1. The second-order valence-corrected chi connectivity index (χ2v) is 7.03. The zero-order chi connectivity index (χ0) is 18.0. The van der Waals surface area contributed by atoms with Crippen LogP contribution >= 0.6 is 0 Å². The predicted octanol–water partition coefficient (Wildman–Crippen LogP) is 4.95. The van der Waals surface area contributed by atoms with Gasteiger partial charge in [-0.2, -0.15) is 0 Å². The van der Waals surface area contributed by atoms with E-state index in [0.717, 1.165) is 24.3 Å². The summed E-state index contributed by atoms with van der Waals surface area (Å²) in [6.07, 6.45) is 7.65. The van der Waals surface area contributed by atoms with Crippen LogP contribution in [0.4, 0.5) is 0 Å². The quantitative estimate of drug-likeness (QED) is 0.448. The third kappa shape index (κ3) is 5.70. The van der Waals surface area contributed by atoms with Gasteiger partial charge in [-0.05, 0) is 69.6 Å². The van der Waals surface area contributed by atoms with Crippen molar-refractivity contribution < 1.29 is 9.53 Å². The van der Waals surface area contributed by atoms with E-state index in [2.05, 4.69) is 4.90 Å². The highest BCUT2D eigenvalue weighted by Gasteiger charge is 2.10. The number of hydrogen-bond donors (Lipinski definition) is 0. The van der Waals surface area contributed by atoms with Gasteiger partial charge in [-0.1, -0.05) is 43.2 Å². The molecular formula is C23H29NO2. The second-order valence-electron chi connectivity index (χ2n) is 7.03. The van der Waals surface area contributed by atoms with Crippen LogP contribution in [-0.4, -0.2) is 36.9 Å². The van der Waals surface area contributed by atoms with Gasteiger partial charge in [0, 0.05) is 11.1 Å². The molecule has 0 aliphatic carbocycles. The molecule has 3 nitrogen and oxygen atoms in total. The Bertz CT molecular complexity index is 660. The van der Waals surface area contributed by atoms with Crippen molar-refractivity contribution in [2.24, 2.45) is 0 Å². The van der Waals surface area contributed by atoms with E-state index in [1.165, 1.54) is 51.7 Å². The molecule has 1 aliphatic rings. The van der Waals surface area contributed by atoms with Gasteiger partial charge < -0.3 is 9.64 Å². The van der Waals surface area contributed by atoms with Gasteiger partial charge in [0.05, 0.1) is 6.61 Å². The molecule has 0 bridgehead atoms. The number of nitrogens with zero attached hydrogens (tertiary/aromatic N) is 1. The topological polar surface area (TPSA) is 29.5 Å². The van der Waals surface area contributed by atoms with E-state index >= 15 is 0 Å². The van der Waals surface area contributed by atoms with E-state index in [4.69, 9.17) is 4.74 Å². The minimum absolute atomic E-state index is 0.0511. The van der Waals surface area contributed by atoms with Crippen LogP contribution in [-0.2, 0) is 0 Å². The van der Waals surface area contributed by atoms with Crippen molar-refractivity contribution >= 4 is 5.78 Å². The molecule has 3 rings (SSSR count). The maximum absolute atomic E-state index is 12.4. The first-order valence-corrected chi connectivity index (χ1v) is 9.88. The summed E-state index contributed by atoms with van der Waals surface area (Å²) in [4.78, 5) is 14.9. The summed E-state index contributed by atoms with van der Waals surface area (Å²) in [5.41, 5.74) is 1.42. The van der Waals surface area contributed by atoms with Crippen LogP contribution < -0.4 is 4.74 Å². The lowest BCUT2D eigenvalue weighted by molar-refractivity contribution is 0.103. The Balaban J connectivity index is 1.32. The Morgan fingerprint density at radius 2 is 1.46 bits per heavy atom. The first-order valence-electron chi connectivity index (χ1n) is 9.88. The van der Waals surface area contributed by atoms with Crippen LogP contribution in [0.3, 0.4) is 0 Å². The number of ether oxygens (including phenoxy) is 1. The summed E-state index contributed by atoms with van der Waals surface area (Å²) in [7, 11) is 0. The second kappa shape index (κ2) is 10.1. The van der Waals surface area contributed by atoms with E-state index in [-0.39, 0.29) is 5.78 Å². The van der Waals surface area contributed by atoms with Crippen molar-refractivity contribution in [2.45, 2.75) is 38.5 Å². The number of benzene rings is 2. The van der Waals surface area contributed by atoms with Gasteiger partial charge in [-0.3, -0.25) is 4.79 Å². The van der Waals surface area contributed by atoms with Gasteiger partial charge >= 0.3 is 0 Å². The molecule has 0 saturated carbocycles. The Morgan fingerprint density at radius 3 is 2.19 bits per heavy atom. The van der Waals surface area contributed by atoms with Crippen molar-refractivity contribution in [3.63, 3.8) is 0 Å². The van der Waals surface area contributed by atoms with E-state index in [1.54, 1.807) is 0 Å². The summed E-state index contributed by atoms with van der Waals surface area (Å²) in [6.45, 7) is 4.60. The molecule has 0 amide bonds. The average Bonchev–Trinajstić information content (AvgIpc) is 3.21. The molecule has 1 aliphatic heterocycles. The molecule has 1 saturated heterocycles. The van der Waals surface area contributed by atoms with Crippen molar-refractivity contribution in [3.05, 3.63) is 65.7 Å². The Hall–Kier alpha value is -2.13. The molecule has 0 spiro atoms. The standard InChI is InChI=1S/C23H29NO2/c25-23(20-10-4-3-5-11-20)21-12-14-22(15-13-21)26-19-9-2-1-6-16-24-17-7-8-18-24/h3-5,10-15H,1-2,6-9,16-19H2. The van der Waals surface area contributed by atoms with Crippen LogP contribution in [0, 0.1) is 0 Å². The highest BCUT2D eigenvalue weighted by atomic mass is 16.5. The van der Waals surface area contributed by atoms with Crippen molar-refractivity contribution in [2.75, 3.05) is 26.2 Å². The van der Waals surface area contributed by atoms with E-state index in [0.29, 0.717) is 5.56 Å². The predicted molar refractivity (Wildman–Crippen MR) is 106 cm³/mol. The summed E-state index contributed by atoms with van der Waals surface area (Å²) in [5.74, 6) is 0.891. The zero-order valence-electron chi connectivity index (χ0n) is 15.5. The molecule has 0 unspecified atom stereocenters. The molecule has 0 aromatic heterocycles. The fourth-order valence-electron chi connectivity index (χ4n) is 3.45. The number of carbonyl (C=O) groups is 1. The Kier molecular flexibility index (Phi) is 7.26. The molecule has 0 N–H and O–H groups in total. The SMILES string of the molecule is O=C(c1ccccc1)c1ccc(OCCCCCCN2CCCC2)cc1. The van der Waals surface area contributed by atoms with Crippen molar-refractivity contribution in [1.29, 1.82) is 0 Å². The van der Waals surface area contributed by atoms with Crippen LogP contribution in [0.5, 0.6) is 5.75 Å². The maximum Gasteiger partial charge on any atom is 0.193 e. The first-order chi connectivity index (χ1) is 12.8. The average molecular weight is 351 g/mol. The maximum atomic E-state index is 12.4. The van der Waals surface area contributed by atoms with Gasteiger partial charge in [0.15, 0.2) is 5.78 Å². The van der Waals surface area contributed by atoms with Crippen LogP contribution in [0.1, 0.15) is 54.4 Å². The van der Waals surface area contributed by atoms with Gasteiger partial charge in [-0.15, -0.1) is 0 Å². The zero-order valence-corrected chi connectivity index (χ0v) is 15.5. The Morgan fingerprint density at radius 1 is 0.808 bits per heavy atom.